The van der Waals surface area contributed by atoms with Crippen LogP contribution in [0.5, 0.6) is 5.88 Å². The molecule has 10 heteroatoms. The van der Waals surface area contributed by atoms with Crippen LogP contribution in [0.2, 0.25) is 0 Å². The molecule has 1 atom stereocenters. The maximum Gasteiger partial charge on any atom is 0.329 e. The van der Waals surface area contributed by atoms with Gasteiger partial charge in [-0.3, -0.25) is 0 Å². The molecule has 1 aliphatic rings. The highest BCUT2D eigenvalue weighted by atomic mass is 16.5. The quantitative estimate of drug-likeness (QED) is 0.431. The minimum absolute atomic E-state index is 0.130. The van der Waals surface area contributed by atoms with Gasteiger partial charge >= 0.3 is 7.41 Å². The number of benzene rings is 1. The Morgan fingerprint density at radius 2 is 2.22 bits per heavy atom. The predicted octanol–water partition coefficient (Wildman–Crippen LogP) is 2.04. The Bertz CT molecular complexity index is 1210. The van der Waals surface area contributed by atoms with Crippen LogP contribution in [-0.4, -0.2) is 53.9 Å². The molecule has 4 rings (SSSR count). The molecule has 1 aromatic carbocycles. The molecular weight excluding hydrogens is 407 g/mol. The molecule has 0 saturated heterocycles. The third-order valence-corrected chi connectivity index (χ3v) is 5.44. The lowest BCUT2D eigenvalue weighted by atomic mass is 9.83. The molecule has 0 unspecified atom stereocenters. The molecule has 3 heterocycles. The number of nitrogens with one attached hydrogen (secondary N) is 1. The number of aliphatic hydroxyl groups is 1. The summed E-state index contributed by atoms with van der Waals surface area (Å²) in [5.41, 5.74) is 3.11. The summed E-state index contributed by atoms with van der Waals surface area (Å²) in [5, 5.41) is 23.0. The first-order valence-electron chi connectivity index (χ1n) is 9.87. The topological polar surface area (TPSA) is 124 Å². The average Bonchev–Trinajstić information content (AvgIpc) is 3.11. The van der Waals surface area contributed by atoms with Crippen LogP contribution in [-0.2, 0) is 10.2 Å². The number of nitriles is 1. The molecule has 3 aromatic rings. The molecule has 2 N–H and O–H groups in total. The lowest BCUT2D eigenvalue weighted by Gasteiger charge is -2.23. The second kappa shape index (κ2) is 8.65. The number of fused-ring (bicyclic) bond motifs is 1. The van der Waals surface area contributed by atoms with Gasteiger partial charge in [-0.05, 0) is 35.9 Å². The number of carbonyl (C=O) groups excluding carboxylic acids is 1. The Hall–Kier alpha value is -3.97. The number of rotatable bonds is 7. The zero-order valence-corrected chi connectivity index (χ0v) is 17.6. The highest BCUT2D eigenvalue weighted by Gasteiger charge is 2.40. The van der Waals surface area contributed by atoms with Crippen molar-refractivity contribution < 1.29 is 14.6 Å². The van der Waals surface area contributed by atoms with E-state index in [4.69, 9.17) is 4.74 Å². The van der Waals surface area contributed by atoms with E-state index in [0.29, 0.717) is 52.8 Å². The first kappa shape index (κ1) is 21.3. The number of pyridine rings is 1. The van der Waals surface area contributed by atoms with E-state index in [2.05, 4.69) is 26.3 Å². The first-order valence-corrected chi connectivity index (χ1v) is 9.87. The third-order valence-electron chi connectivity index (χ3n) is 5.44. The molecule has 32 heavy (non-hydrogen) atoms. The fraction of sp³-hybridized carbons (Fsp3) is 0.227. The molecule has 0 aliphatic carbocycles. The van der Waals surface area contributed by atoms with Crippen LogP contribution in [0.25, 0.3) is 11.3 Å². The number of aromatic nitrogens is 3. The van der Waals surface area contributed by atoms with E-state index in [1.54, 1.807) is 41.5 Å². The second-order valence-corrected chi connectivity index (χ2v) is 7.61. The number of methoxy groups -OCH3 is 1. The summed E-state index contributed by atoms with van der Waals surface area (Å²) in [5.74, 6) is 0.754. The molecule has 0 spiro atoms. The number of nitrogens with zero attached hydrogens (tertiary/aromatic N) is 5. The molecule has 1 radical (unpaired) electrons. The Kier molecular flexibility index (Phi) is 5.75. The van der Waals surface area contributed by atoms with E-state index < -0.39 is 5.41 Å². The van der Waals surface area contributed by atoms with Gasteiger partial charge in [-0.2, -0.15) is 5.26 Å². The van der Waals surface area contributed by atoms with Crippen LogP contribution in [0.15, 0.2) is 42.7 Å². The van der Waals surface area contributed by atoms with Crippen molar-refractivity contribution in [2.24, 2.45) is 0 Å². The summed E-state index contributed by atoms with van der Waals surface area (Å²) in [7, 11) is 2.91. The summed E-state index contributed by atoms with van der Waals surface area (Å²) >= 11 is 0. The van der Waals surface area contributed by atoms with Crippen molar-refractivity contribution in [3.05, 3.63) is 53.9 Å². The van der Waals surface area contributed by atoms with Crippen LogP contribution in [0.1, 0.15) is 18.1 Å². The van der Waals surface area contributed by atoms with E-state index in [0.717, 1.165) is 5.56 Å². The van der Waals surface area contributed by atoms with E-state index in [9.17, 15) is 15.2 Å². The highest BCUT2D eigenvalue weighted by Crippen LogP contribution is 2.44. The van der Waals surface area contributed by atoms with E-state index >= 15 is 0 Å². The molecule has 0 amide bonds. The van der Waals surface area contributed by atoms with Gasteiger partial charge in [-0.15, -0.1) is 0 Å². The van der Waals surface area contributed by atoms with Crippen molar-refractivity contribution in [1.82, 2.24) is 15.0 Å². The molecule has 0 fully saturated rings. The average molecular weight is 427 g/mol. The Morgan fingerprint density at radius 3 is 2.94 bits per heavy atom. The van der Waals surface area contributed by atoms with Gasteiger partial charge in [0.05, 0.1) is 25.0 Å². The van der Waals surface area contributed by atoms with Crippen molar-refractivity contribution in [2.75, 3.05) is 30.4 Å². The minimum atomic E-state index is -0.631. The first-order chi connectivity index (χ1) is 15.5. The van der Waals surface area contributed by atoms with Crippen molar-refractivity contribution >= 4 is 30.9 Å². The molecule has 0 saturated carbocycles. The maximum absolute atomic E-state index is 11.1. The zero-order valence-electron chi connectivity index (χ0n) is 17.6. The van der Waals surface area contributed by atoms with Gasteiger partial charge in [0.15, 0.2) is 0 Å². The summed E-state index contributed by atoms with van der Waals surface area (Å²) in [6.45, 7) is 2.17. The normalized spacial score (nSPS) is 16.8. The summed E-state index contributed by atoms with van der Waals surface area (Å²) < 4.78 is 5.26. The van der Waals surface area contributed by atoms with Gasteiger partial charge in [0.1, 0.15) is 17.9 Å². The molecule has 9 nitrogen and oxygen atoms in total. The van der Waals surface area contributed by atoms with E-state index in [1.807, 2.05) is 13.0 Å². The fourth-order valence-corrected chi connectivity index (χ4v) is 3.86. The van der Waals surface area contributed by atoms with Crippen molar-refractivity contribution in [2.45, 2.75) is 12.3 Å². The number of aliphatic hydroxyl groups excluding tert-OH is 1. The third kappa shape index (κ3) is 3.74. The number of carbonyl (C=O) groups is 1. The van der Waals surface area contributed by atoms with Crippen LogP contribution >= 0.6 is 0 Å². The minimum Gasteiger partial charge on any atom is -0.480 e. The number of hydrogen-bond acceptors (Lipinski definition) is 9. The van der Waals surface area contributed by atoms with Gasteiger partial charge in [0.2, 0.25) is 11.8 Å². The van der Waals surface area contributed by atoms with Crippen molar-refractivity contribution in [3.8, 4) is 23.2 Å². The Balaban J connectivity index is 1.77. The standard InChI is InChI=1S/C22H20BN6O3/c1-22(12-30)11-29(23-13-31)19-15(10-24)8-14(9-16(19)22)17-5-7-26-21(27-17)28-18-4-3-6-25-20(18)32-2/h3-9,13,30H,11-12H2,1-2H3,(H,26,27,28)/t22-/m1/s1. The lowest BCUT2D eigenvalue weighted by molar-refractivity contribution is 0.217. The van der Waals surface area contributed by atoms with Gasteiger partial charge in [-0.1, -0.05) is 6.92 Å². The Labute approximate surface area is 186 Å². The Morgan fingerprint density at radius 1 is 1.38 bits per heavy atom. The zero-order chi connectivity index (χ0) is 22.7. The largest absolute Gasteiger partial charge is 0.480 e. The van der Waals surface area contributed by atoms with Crippen LogP contribution in [0.4, 0.5) is 17.3 Å². The molecular formula is C22H20BN6O3. The lowest BCUT2D eigenvalue weighted by Crippen LogP contribution is -2.36. The van der Waals surface area contributed by atoms with E-state index in [1.165, 1.54) is 14.5 Å². The summed E-state index contributed by atoms with van der Waals surface area (Å²) in [4.78, 5) is 25.8. The van der Waals surface area contributed by atoms with Crippen molar-refractivity contribution in [3.63, 3.8) is 0 Å². The molecule has 2 aromatic heterocycles. The van der Waals surface area contributed by atoms with Gasteiger partial charge in [0.25, 0.3) is 0 Å². The van der Waals surface area contributed by atoms with Crippen LogP contribution in [0, 0.1) is 11.3 Å². The number of hydrogen-bond donors (Lipinski definition) is 2. The summed E-state index contributed by atoms with van der Waals surface area (Å²) in [6, 6.07) is 11.2. The predicted molar refractivity (Wildman–Crippen MR) is 121 cm³/mol. The van der Waals surface area contributed by atoms with Gasteiger partial charge in [0, 0.05) is 35.6 Å². The molecule has 159 valence electrons. The van der Waals surface area contributed by atoms with Crippen LogP contribution in [0.3, 0.4) is 0 Å². The molecule has 1 aliphatic heterocycles. The number of anilines is 3. The SMILES string of the molecule is COc1ncccc1Nc1nccc(-c2cc(C#N)c3c(c2)[C@@](C)(CO)CN3[B]C=O)n1. The monoisotopic (exact) mass is 427 g/mol. The fourth-order valence-electron chi connectivity index (χ4n) is 3.86. The highest BCUT2D eigenvalue weighted by molar-refractivity contribution is 6.70. The second-order valence-electron chi connectivity index (χ2n) is 7.61. The maximum atomic E-state index is 11.1. The summed E-state index contributed by atoms with van der Waals surface area (Å²) in [6.07, 6.45) is 3.92. The van der Waals surface area contributed by atoms with Crippen LogP contribution < -0.4 is 14.9 Å². The van der Waals surface area contributed by atoms with E-state index in [-0.39, 0.29) is 6.61 Å². The number of ether oxygens (including phenoxy) is 1. The smallest absolute Gasteiger partial charge is 0.329 e. The van der Waals surface area contributed by atoms with Gasteiger partial charge < -0.3 is 24.8 Å². The van der Waals surface area contributed by atoms with Crippen molar-refractivity contribution in [1.29, 1.82) is 5.26 Å². The molecule has 0 bridgehead atoms. The van der Waals surface area contributed by atoms with Gasteiger partial charge in [-0.25, -0.2) is 15.0 Å².